The maximum absolute atomic E-state index is 11.1. The molecule has 0 saturated carbocycles. The zero-order valence-electron chi connectivity index (χ0n) is 12.7. The van der Waals surface area contributed by atoms with Crippen LogP contribution in [0.2, 0.25) is 0 Å². The fourth-order valence-corrected chi connectivity index (χ4v) is 2.91. The average molecular weight is 311 g/mol. The van der Waals surface area contributed by atoms with Crippen molar-refractivity contribution in [3.8, 4) is 0 Å². The molecule has 124 valence electrons. The molecule has 2 rings (SSSR count). The van der Waals surface area contributed by atoms with E-state index in [2.05, 4.69) is 17.5 Å². The van der Waals surface area contributed by atoms with E-state index in [1.54, 1.807) is 5.06 Å². The molecular weight excluding hydrogens is 286 g/mol. The first-order valence-electron chi connectivity index (χ1n) is 7.84. The van der Waals surface area contributed by atoms with Gasteiger partial charge in [0.15, 0.2) is 6.61 Å². The number of quaternary nitrogens is 1. The van der Waals surface area contributed by atoms with Crippen molar-refractivity contribution in [2.75, 3.05) is 19.7 Å². The molecule has 0 aromatic carbocycles. The average Bonchev–Trinajstić information content (AvgIpc) is 2.63. The number of hydrogen-bond acceptors (Lipinski definition) is 5. The van der Waals surface area contributed by atoms with Crippen LogP contribution in [0, 0.1) is 11.1 Å². The molecule has 3 unspecified atom stereocenters. The molecule has 0 amide bonds. The molecule has 2 aliphatic rings. The summed E-state index contributed by atoms with van der Waals surface area (Å²) in [4.78, 5) is 16.3. The molecule has 0 radical (unpaired) electrons. The van der Waals surface area contributed by atoms with Crippen LogP contribution in [0.25, 0.3) is 0 Å². The van der Waals surface area contributed by atoms with Crippen molar-refractivity contribution >= 4 is 5.97 Å². The van der Waals surface area contributed by atoms with E-state index in [0.717, 1.165) is 31.3 Å². The third-order valence-electron chi connectivity index (χ3n) is 4.10. The number of rotatable bonds is 5. The van der Waals surface area contributed by atoms with Crippen LogP contribution in [0.15, 0.2) is 24.3 Å². The Morgan fingerprint density at radius 2 is 2.32 bits per heavy atom. The summed E-state index contributed by atoms with van der Waals surface area (Å²) in [6.07, 6.45) is 11.5. The Labute approximate surface area is 130 Å². The maximum atomic E-state index is 11.1. The van der Waals surface area contributed by atoms with E-state index in [1.165, 1.54) is 0 Å². The number of allylic oxidation sites excluding steroid dienone is 3. The Morgan fingerprint density at radius 1 is 1.45 bits per heavy atom. The van der Waals surface area contributed by atoms with Gasteiger partial charge in [-0.15, -0.1) is 0 Å². The lowest BCUT2D eigenvalue weighted by molar-refractivity contribution is -0.629. The number of hydrogen-bond donors (Lipinski definition) is 3. The molecule has 0 aromatic rings. The quantitative estimate of drug-likeness (QED) is 0.616. The molecule has 1 saturated heterocycles. The standard InChI is InChI=1S/C15H25N3O4/c19-14(20)11-22-18-10-8-13(17-21)7-4-9-16-15(18)12-5-2-1-3-6-12/h1-3,5,12-13,15-16H,4,6-11,17H2,(H,19,20). The second kappa shape index (κ2) is 9.02. The zero-order chi connectivity index (χ0) is 15.8. The minimum Gasteiger partial charge on any atom is -0.636 e. The predicted molar refractivity (Wildman–Crippen MR) is 81.4 cm³/mol. The second-order valence-corrected chi connectivity index (χ2v) is 5.75. The van der Waals surface area contributed by atoms with Gasteiger partial charge in [0.2, 0.25) is 0 Å². The molecule has 1 fully saturated rings. The lowest BCUT2D eigenvalue weighted by atomic mass is 9.97. The van der Waals surface area contributed by atoms with Crippen LogP contribution in [-0.4, -0.2) is 48.0 Å². The second-order valence-electron chi connectivity index (χ2n) is 5.75. The molecule has 0 spiro atoms. The smallest absolute Gasteiger partial charge is 0.331 e. The van der Waals surface area contributed by atoms with Gasteiger partial charge < -0.3 is 15.8 Å². The van der Waals surface area contributed by atoms with E-state index >= 15 is 0 Å². The van der Waals surface area contributed by atoms with E-state index in [-0.39, 0.29) is 24.7 Å². The van der Waals surface area contributed by atoms with E-state index in [4.69, 9.17) is 9.94 Å². The SMILES string of the molecule is O=C(O)CON1CCC([NH2+][O-])CCCNC1C1C=CC=CC1. The third kappa shape index (κ3) is 5.19. The summed E-state index contributed by atoms with van der Waals surface area (Å²) in [5, 5.41) is 25.1. The zero-order valence-corrected chi connectivity index (χ0v) is 12.7. The van der Waals surface area contributed by atoms with Crippen LogP contribution in [-0.2, 0) is 9.63 Å². The van der Waals surface area contributed by atoms with Crippen LogP contribution in [0.4, 0.5) is 0 Å². The summed E-state index contributed by atoms with van der Waals surface area (Å²) >= 11 is 0. The Bertz CT molecular complexity index is 414. The highest BCUT2D eigenvalue weighted by Gasteiger charge is 2.29. The Morgan fingerprint density at radius 3 is 3.00 bits per heavy atom. The minimum atomic E-state index is -0.996. The van der Waals surface area contributed by atoms with Crippen molar-refractivity contribution in [2.45, 2.75) is 37.9 Å². The van der Waals surface area contributed by atoms with Crippen molar-refractivity contribution in [1.29, 1.82) is 0 Å². The van der Waals surface area contributed by atoms with E-state index in [0.29, 0.717) is 13.0 Å². The Hall–Kier alpha value is -1.25. The first-order valence-corrected chi connectivity index (χ1v) is 7.84. The minimum absolute atomic E-state index is 0.0123. The number of nitrogens with two attached hydrogens (primary N) is 1. The summed E-state index contributed by atoms with van der Waals surface area (Å²) in [5.74, 6) is -0.767. The van der Waals surface area contributed by atoms with Gasteiger partial charge in [0.25, 0.3) is 0 Å². The highest BCUT2D eigenvalue weighted by atomic mass is 16.7. The largest absolute Gasteiger partial charge is 0.636 e. The van der Waals surface area contributed by atoms with E-state index in [9.17, 15) is 10.0 Å². The highest BCUT2D eigenvalue weighted by Crippen LogP contribution is 2.21. The predicted octanol–water partition coefficient (Wildman–Crippen LogP) is -0.0337. The maximum Gasteiger partial charge on any atom is 0.331 e. The summed E-state index contributed by atoms with van der Waals surface area (Å²) < 4.78 is 0. The van der Waals surface area contributed by atoms with Gasteiger partial charge in [-0.05, 0) is 19.4 Å². The van der Waals surface area contributed by atoms with Crippen molar-refractivity contribution in [3.63, 3.8) is 0 Å². The van der Waals surface area contributed by atoms with Gasteiger partial charge in [-0.1, -0.05) is 24.3 Å². The van der Waals surface area contributed by atoms with Crippen LogP contribution >= 0.6 is 0 Å². The normalized spacial score (nSPS) is 30.5. The molecule has 0 bridgehead atoms. The number of carbonyl (C=O) groups is 1. The molecule has 22 heavy (non-hydrogen) atoms. The topological polar surface area (TPSA) is 101 Å². The van der Waals surface area contributed by atoms with Gasteiger partial charge in [0.1, 0.15) is 0 Å². The van der Waals surface area contributed by atoms with Gasteiger partial charge in [0, 0.05) is 25.3 Å². The molecule has 7 nitrogen and oxygen atoms in total. The Kier molecular flexibility index (Phi) is 7.01. The van der Waals surface area contributed by atoms with Crippen molar-refractivity contribution < 1.29 is 20.2 Å². The van der Waals surface area contributed by atoms with Crippen LogP contribution < -0.4 is 10.8 Å². The number of nitrogens with zero attached hydrogens (tertiary/aromatic N) is 1. The molecule has 7 heteroatoms. The van der Waals surface area contributed by atoms with Gasteiger partial charge in [0.05, 0.1) is 12.2 Å². The molecular formula is C15H25N3O4. The van der Waals surface area contributed by atoms with Gasteiger partial charge in [-0.3, -0.25) is 10.2 Å². The van der Waals surface area contributed by atoms with Crippen molar-refractivity contribution in [2.24, 2.45) is 5.92 Å². The monoisotopic (exact) mass is 311 g/mol. The number of aliphatic carboxylic acids is 1. The van der Waals surface area contributed by atoms with Crippen LogP contribution in [0.5, 0.6) is 0 Å². The fourth-order valence-electron chi connectivity index (χ4n) is 2.91. The summed E-state index contributed by atoms with van der Waals surface area (Å²) in [7, 11) is 0. The number of hydroxylamine groups is 3. The van der Waals surface area contributed by atoms with E-state index in [1.807, 2.05) is 12.2 Å². The van der Waals surface area contributed by atoms with Gasteiger partial charge in [-0.2, -0.15) is 5.06 Å². The van der Waals surface area contributed by atoms with Crippen molar-refractivity contribution in [1.82, 2.24) is 10.4 Å². The van der Waals surface area contributed by atoms with E-state index < -0.39 is 5.97 Å². The lowest BCUT2D eigenvalue weighted by Gasteiger charge is -2.35. The number of carboxylic acid groups (broad SMARTS) is 1. The van der Waals surface area contributed by atoms with Gasteiger partial charge in [-0.25, -0.2) is 4.79 Å². The van der Waals surface area contributed by atoms with Crippen LogP contribution in [0.1, 0.15) is 25.7 Å². The summed E-state index contributed by atoms with van der Waals surface area (Å²) in [5.41, 5.74) is 0.999. The highest BCUT2D eigenvalue weighted by molar-refractivity contribution is 5.67. The molecule has 3 atom stereocenters. The summed E-state index contributed by atoms with van der Waals surface area (Å²) in [6, 6.07) is 0.0123. The fraction of sp³-hybridized carbons (Fsp3) is 0.667. The molecule has 1 aliphatic heterocycles. The van der Waals surface area contributed by atoms with Gasteiger partial charge >= 0.3 is 5.97 Å². The number of nitrogens with one attached hydrogen (secondary N) is 1. The summed E-state index contributed by atoms with van der Waals surface area (Å²) in [6.45, 7) is 0.967. The first-order chi connectivity index (χ1) is 10.7. The number of carboxylic acids is 1. The molecule has 1 heterocycles. The lowest BCUT2D eigenvalue weighted by Crippen LogP contribution is -2.84. The molecule has 1 aliphatic carbocycles. The van der Waals surface area contributed by atoms with Crippen LogP contribution in [0.3, 0.4) is 0 Å². The molecule has 0 aromatic heterocycles. The van der Waals surface area contributed by atoms with Crippen molar-refractivity contribution in [3.05, 3.63) is 29.5 Å². The Balaban J connectivity index is 2.06. The molecule has 4 N–H and O–H groups in total. The first kappa shape index (κ1) is 17.1. The third-order valence-corrected chi connectivity index (χ3v) is 4.10.